The lowest BCUT2D eigenvalue weighted by Crippen LogP contribution is -2.47. The summed E-state index contributed by atoms with van der Waals surface area (Å²) in [6.45, 7) is 9.63. The minimum absolute atomic E-state index is 0.0778. The molecule has 0 radical (unpaired) electrons. The van der Waals surface area contributed by atoms with Crippen LogP contribution in [-0.2, 0) is 11.4 Å². The molecule has 160 valence electrons. The van der Waals surface area contributed by atoms with Crippen molar-refractivity contribution >= 4 is 28.1 Å². The fourth-order valence-electron chi connectivity index (χ4n) is 3.58. The van der Waals surface area contributed by atoms with E-state index in [4.69, 9.17) is 4.52 Å². The number of hydrogen-bond donors (Lipinski definition) is 0. The minimum Gasteiger partial charge on any atom is -0.598 e. The van der Waals surface area contributed by atoms with Crippen molar-refractivity contribution in [2.75, 3.05) is 57.3 Å². The van der Waals surface area contributed by atoms with Crippen LogP contribution in [0.25, 0.3) is 11.0 Å². The first-order chi connectivity index (χ1) is 14.0. The maximum absolute atomic E-state index is 13.3. The monoisotopic (exact) mass is 425 g/mol. The van der Waals surface area contributed by atoms with Gasteiger partial charge in [0.15, 0.2) is 16.7 Å². The standard InChI is InChI=1S/C19H28FN5O3S/c1-3-25(29(27)15(2)14-21-26)8-4-7-23-9-11-24(12-10-23)19-17-6-5-16(20)13-18(17)28-22-19/h5-6,13,15H,3-4,7-12,14H2,1-2H3. The highest BCUT2D eigenvalue weighted by Crippen LogP contribution is 2.27. The zero-order valence-electron chi connectivity index (χ0n) is 16.9. The lowest BCUT2D eigenvalue weighted by Gasteiger charge is -2.35. The predicted octanol–water partition coefficient (Wildman–Crippen LogP) is 2.62. The largest absolute Gasteiger partial charge is 0.598 e. The Morgan fingerprint density at radius 3 is 2.83 bits per heavy atom. The maximum atomic E-state index is 13.3. The summed E-state index contributed by atoms with van der Waals surface area (Å²) in [6.07, 6.45) is 0.910. The van der Waals surface area contributed by atoms with E-state index >= 15 is 0 Å². The van der Waals surface area contributed by atoms with Crippen molar-refractivity contribution < 1.29 is 13.5 Å². The second kappa shape index (κ2) is 10.3. The minimum atomic E-state index is -1.18. The van der Waals surface area contributed by atoms with Gasteiger partial charge in [0.1, 0.15) is 12.4 Å². The number of nitroso groups, excluding NO2 is 1. The van der Waals surface area contributed by atoms with Gasteiger partial charge in [0.2, 0.25) is 0 Å². The second-order valence-corrected chi connectivity index (χ2v) is 9.12. The summed E-state index contributed by atoms with van der Waals surface area (Å²) in [7, 11) is 0. The fraction of sp³-hybridized carbons (Fsp3) is 0.632. The van der Waals surface area contributed by atoms with Crippen LogP contribution in [-0.4, -0.2) is 76.5 Å². The maximum Gasteiger partial charge on any atom is 0.180 e. The van der Waals surface area contributed by atoms with Crippen molar-refractivity contribution in [1.82, 2.24) is 14.4 Å². The highest BCUT2D eigenvalue weighted by molar-refractivity contribution is 7.89. The molecule has 1 saturated heterocycles. The lowest BCUT2D eigenvalue weighted by molar-refractivity contribution is 0.245. The quantitative estimate of drug-likeness (QED) is 0.427. The Balaban J connectivity index is 1.45. The molecule has 0 N–H and O–H groups in total. The van der Waals surface area contributed by atoms with Gasteiger partial charge in [-0.2, -0.15) is 4.91 Å². The van der Waals surface area contributed by atoms with E-state index in [1.165, 1.54) is 12.1 Å². The first kappa shape index (κ1) is 21.9. The van der Waals surface area contributed by atoms with Crippen molar-refractivity contribution in [3.05, 3.63) is 28.9 Å². The first-order valence-corrected chi connectivity index (χ1v) is 11.2. The molecule has 2 aromatic rings. The predicted molar refractivity (Wildman–Crippen MR) is 113 cm³/mol. The van der Waals surface area contributed by atoms with Crippen LogP contribution in [0.2, 0.25) is 0 Å². The summed E-state index contributed by atoms with van der Waals surface area (Å²) in [5, 5.41) is 7.58. The molecule has 2 heterocycles. The molecular weight excluding hydrogens is 397 g/mol. The smallest absolute Gasteiger partial charge is 0.180 e. The summed E-state index contributed by atoms with van der Waals surface area (Å²) in [4.78, 5) is 15.0. The Morgan fingerprint density at radius 2 is 2.14 bits per heavy atom. The highest BCUT2D eigenvalue weighted by atomic mass is 32.2. The summed E-state index contributed by atoms with van der Waals surface area (Å²) >= 11 is -1.18. The van der Waals surface area contributed by atoms with Gasteiger partial charge >= 0.3 is 0 Å². The van der Waals surface area contributed by atoms with Crippen LogP contribution in [0.15, 0.2) is 27.9 Å². The number of fused-ring (bicyclic) bond motifs is 1. The molecule has 1 aromatic heterocycles. The van der Waals surface area contributed by atoms with E-state index < -0.39 is 11.4 Å². The van der Waals surface area contributed by atoms with Gasteiger partial charge in [0, 0.05) is 56.7 Å². The topological polar surface area (TPSA) is 88.2 Å². The normalized spacial score (nSPS) is 17.8. The Bertz CT molecular complexity index is 799. The third-order valence-corrected chi connectivity index (χ3v) is 7.04. The van der Waals surface area contributed by atoms with Gasteiger partial charge in [0.05, 0.1) is 5.39 Å². The van der Waals surface area contributed by atoms with E-state index in [1.807, 2.05) is 11.2 Å². The molecule has 29 heavy (non-hydrogen) atoms. The van der Waals surface area contributed by atoms with Crippen molar-refractivity contribution in [2.45, 2.75) is 25.5 Å². The number of aromatic nitrogens is 1. The second-order valence-electron chi connectivity index (χ2n) is 7.25. The van der Waals surface area contributed by atoms with Gasteiger partial charge in [-0.15, -0.1) is 4.31 Å². The number of benzene rings is 1. The SMILES string of the molecule is CCN(CCCN1CCN(c2noc3cc(F)ccc23)CC1)[S+]([O-])C(C)CN=O. The van der Waals surface area contributed by atoms with E-state index in [1.54, 1.807) is 13.0 Å². The van der Waals surface area contributed by atoms with Crippen LogP contribution in [0.5, 0.6) is 0 Å². The molecule has 10 heteroatoms. The van der Waals surface area contributed by atoms with Crippen LogP contribution in [0, 0.1) is 10.7 Å². The van der Waals surface area contributed by atoms with Crippen LogP contribution >= 0.6 is 0 Å². The molecule has 0 spiro atoms. The highest BCUT2D eigenvalue weighted by Gasteiger charge is 2.26. The van der Waals surface area contributed by atoms with Crippen LogP contribution in [0.3, 0.4) is 0 Å². The number of rotatable bonds is 10. The summed E-state index contributed by atoms with van der Waals surface area (Å²) < 4.78 is 32.9. The molecule has 2 atom stereocenters. The molecular formula is C19H28FN5O3S. The number of hydrogen-bond acceptors (Lipinski definition) is 8. The van der Waals surface area contributed by atoms with E-state index in [0.717, 1.165) is 56.9 Å². The molecule has 3 rings (SSSR count). The van der Waals surface area contributed by atoms with E-state index in [9.17, 15) is 13.9 Å². The van der Waals surface area contributed by atoms with Gasteiger partial charge in [-0.3, -0.25) is 4.90 Å². The molecule has 0 aliphatic carbocycles. The Kier molecular flexibility index (Phi) is 7.82. The van der Waals surface area contributed by atoms with E-state index in [0.29, 0.717) is 12.1 Å². The molecule has 1 aliphatic rings. The number of halogens is 1. The summed E-state index contributed by atoms with van der Waals surface area (Å²) in [6, 6.07) is 4.50. The molecule has 1 aliphatic heterocycles. The van der Waals surface area contributed by atoms with Crippen LogP contribution < -0.4 is 4.90 Å². The van der Waals surface area contributed by atoms with Gasteiger partial charge < -0.3 is 14.0 Å². The van der Waals surface area contributed by atoms with Crippen molar-refractivity contribution in [3.8, 4) is 0 Å². The zero-order valence-corrected chi connectivity index (χ0v) is 17.7. The van der Waals surface area contributed by atoms with Crippen LogP contribution in [0.4, 0.5) is 10.2 Å². The average molecular weight is 426 g/mol. The Morgan fingerprint density at radius 1 is 1.38 bits per heavy atom. The molecule has 0 saturated carbocycles. The molecule has 8 nitrogen and oxygen atoms in total. The zero-order chi connectivity index (χ0) is 20.8. The van der Waals surface area contributed by atoms with Gasteiger partial charge in [0.25, 0.3) is 0 Å². The van der Waals surface area contributed by atoms with Gasteiger partial charge in [-0.05, 0) is 38.9 Å². The Hall–Kier alpha value is -1.75. The molecule has 2 unspecified atom stereocenters. The van der Waals surface area contributed by atoms with Crippen LogP contribution in [0.1, 0.15) is 20.3 Å². The number of nitrogens with zero attached hydrogens (tertiary/aromatic N) is 5. The number of anilines is 1. The van der Waals surface area contributed by atoms with E-state index in [2.05, 4.69) is 20.1 Å². The molecule has 1 aromatic carbocycles. The molecule has 0 bridgehead atoms. The van der Waals surface area contributed by atoms with Gasteiger partial charge in [-0.25, -0.2) is 4.39 Å². The van der Waals surface area contributed by atoms with E-state index in [-0.39, 0.29) is 17.6 Å². The van der Waals surface area contributed by atoms with Crippen molar-refractivity contribution in [2.24, 2.45) is 5.18 Å². The summed E-state index contributed by atoms with van der Waals surface area (Å²) in [5.74, 6) is 0.439. The average Bonchev–Trinajstić information content (AvgIpc) is 3.14. The lowest BCUT2D eigenvalue weighted by atomic mass is 10.2. The third-order valence-electron chi connectivity index (χ3n) is 5.25. The summed E-state index contributed by atoms with van der Waals surface area (Å²) in [5.41, 5.74) is 0.467. The number of piperazine rings is 1. The first-order valence-electron chi connectivity index (χ1n) is 10.0. The fourth-order valence-corrected chi connectivity index (χ4v) is 4.84. The Labute approximate surface area is 173 Å². The molecule has 1 fully saturated rings. The third kappa shape index (κ3) is 5.44. The van der Waals surface area contributed by atoms with Crippen molar-refractivity contribution in [1.29, 1.82) is 0 Å². The molecule has 0 amide bonds. The van der Waals surface area contributed by atoms with Crippen molar-refractivity contribution in [3.63, 3.8) is 0 Å². The van der Waals surface area contributed by atoms with Gasteiger partial charge in [-0.1, -0.05) is 10.3 Å².